The van der Waals surface area contributed by atoms with Crippen LogP contribution in [-0.2, 0) is 0 Å². The zero-order chi connectivity index (χ0) is 11.5. The molecule has 0 radical (unpaired) electrons. The van der Waals surface area contributed by atoms with Gasteiger partial charge < -0.3 is 9.59 Å². The van der Waals surface area contributed by atoms with E-state index in [1.54, 1.807) is 0 Å². The van der Waals surface area contributed by atoms with E-state index >= 15 is 0 Å². The molecule has 0 amide bonds. The summed E-state index contributed by atoms with van der Waals surface area (Å²) < 4.78 is 1.01. The lowest BCUT2D eigenvalue weighted by Crippen LogP contribution is -2.62. The van der Waals surface area contributed by atoms with Gasteiger partial charge in [0.1, 0.15) is 0 Å². The monoisotopic (exact) mass is 210 g/mol. The van der Waals surface area contributed by atoms with Crippen LogP contribution in [0.2, 0.25) is 0 Å². The van der Waals surface area contributed by atoms with Gasteiger partial charge in [0.05, 0.1) is 31.8 Å². The number of aliphatic hydroxyl groups excluding tert-OH is 1. The van der Waals surface area contributed by atoms with E-state index < -0.39 is 0 Å². The highest BCUT2D eigenvalue weighted by Crippen LogP contribution is 2.29. The van der Waals surface area contributed by atoms with Gasteiger partial charge in [0.25, 0.3) is 0 Å². The van der Waals surface area contributed by atoms with E-state index in [1.165, 1.54) is 0 Å². The van der Waals surface area contributed by atoms with Crippen molar-refractivity contribution in [2.24, 2.45) is 5.92 Å². The molecule has 1 aliphatic heterocycles. The van der Waals surface area contributed by atoms with E-state index in [4.69, 9.17) is 0 Å². The van der Waals surface area contributed by atoms with E-state index in [1.807, 2.05) is 12.2 Å². The average molecular weight is 210 g/mol. The lowest BCUT2D eigenvalue weighted by atomic mass is 9.89. The third-order valence-corrected chi connectivity index (χ3v) is 3.81. The maximum Gasteiger partial charge on any atom is 0.0975 e. The molecule has 0 spiro atoms. The molecule has 2 nitrogen and oxygen atoms in total. The molecule has 0 unspecified atom stereocenters. The van der Waals surface area contributed by atoms with E-state index in [9.17, 15) is 5.11 Å². The number of aliphatic hydroxyl groups is 1. The molecule has 15 heavy (non-hydrogen) atoms. The van der Waals surface area contributed by atoms with Crippen LogP contribution in [-0.4, -0.2) is 41.4 Å². The summed E-state index contributed by atoms with van der Waals surface area (Å²) in [7, 11) is 0. The minimum Gasteiger partial charge on any atom is -0.392 e. The molecule has 1 fully saturated rings. The van der Waals surface area contributed by atoms with Gasteiger partial charge >= 0.3 is 0 Å². The minimum absolute atomic E-state index is 0.138. The smallest absolute Gasteiger partial charge is 0.0975 e. The zero-order valence-corrected chi connectivity index (χ0v) is 10.0. The van der Waals surface area contributed by atoms with Crippen LogP contribution < -0.4 is 0 Å². The van der Waals surface area contributed by atoms with E-state index in [2.05, 4.69) is 27.0 Å². The van der Waals surface area contributed by atoms with Crippen LogP contribution in [0.15, 0.2) is 25.3 Å². The van der Waals surface area contributed by atoms with Gasteiger partial charge in [0.15, 0.2) is 0 Å². The second-order valence-corrected chi connectivity index (χ2v) is 4.97. The minimum atomic E-state index is -0.138. The number of piperidine rings is 1. The highest BCUT2D eigenvalue weighted by Gasteiger charge is 2.41. The number of hydrogen-bond donors (Lipinski definition) is 1. The number of nitrogens with zero attached hydrogens (tertiary/aromatic N) is 1. The third kappa shape index (κ3) is 2.50. The van der Waals surface area contributed by atoms with Crippen molar-refractivity contribution >= 4 is 0 Å². The van der Waals surface area contributed by atoms with Crippen molar-refractivity contribution in [1.29, 1.82) is 0 Å². The molecule has 1 N–H and O–H groups in total. The first kappa shape index (κ1) is 12.5. The summed E-state index contributed by atoms with van der Waals surface area (Å²) in [5.74, 6) is 0.376. The van der Waals surface area contributed by atoms with Crippen LogP contribution in [0.1, 0.15) is 20.3 Å². The van der Waals surface area contributed by atoms with E-state index in [0.717, 1.165) is 30.5 Å². The number of quaternary nitrogens is 1. The molecule has 2 heteroatoms. The second-order valence-electron chi connectivity index (χ2n) is 4.97. The second kappa shape index (κ2) is 4.95. The molecular formula is C13H24NO+. The molecule has 0 aromatic carbocycles. The fourth-order valence-electron chi connectivity index (χ4n) is 2.78. The summed E-state index contributed by atoms with van der Waals surface area (Å²) in [6, 6.07) is 0.493. The van der Waals surface area contributed by atoms with Crippen molar-refractivity contribution in [3.05, 3.63) is 25.3 Å². The fraction of sp³-hybridized carbons (Fsp3) is 0.692. The van der Waals surface area contributed by atoms with Crippen molar-refractivity contribution in [3.63, 3.8) is 0 Å². The molecule has 0 aliphatic carbocycles. The Labute approximate surface area is 93.5 Å². The maximum atomic E-state index is 9.86. The Balaban J connectivity index is 2.84. The van der Waals surface area contributed by atoms with Gasteiger partial charge in [-0.15, -0.1) is 0 Å². The van der Waals surface area contributed by atoms with Gasteiger partial charge in [-0.25, -0.2) is 0 Å². The van der Waals surface area contributed by atoms with Gasteiger partial charge in [-0.3, -0.25) is 0 Å². The molecule has 86 valence electrons. The first-order valence-electron chi connectivity index (χ1n) is 5.81. The lowest BCUT2D eigenvalue weighted by Gasteiger charge is -2.49. The summed E-state index contributed by atoms with van der Waals surface area (Å²) in [6.45, 7) is 15.0. The first-order chi connectivity index (χ1) is 7.05. The molecule has 0 saturated carbocycles. The van der Waals surface area contributed by atoms with Gasteiger partial charge in [-0.05, 0) is 19.1 Å². The average Bonchev–Trinajstić information content (AvgIpc) is 2.16. The highest BCUT2D eigenvalue weighted by molar-refractivity contribution is 4.81. The van der Waals surface area contributed by atoms with Crippen molar-refractivity contribution in [3.8, 4) is 0 Å². The van der Waals surface area contributed by atoms with Crippen molar-refractivity contribution in [1.82, 2.24) is 0 Å². The van der Waals surface area contributed by atoms with E-state index in [0.29, 0.717) is 12.0 Å². The third-order valence-electron chi connectivity index (χ3n) is 3.81. The standard InChI is InChI=1S/C13H24NO/c1-5-7-14(8-6-2)10-11(3)13(15)9-12(14)4/h5-6,11-13,15H,1-2,7-10H2,3-4H3/q+1/t11-,12-,13-/m0/s1. The fourth-order valence-corrected chi connectivity index (χ4v) is 2.78. The van der Waals surface area contributed by atoms with Crippen LogP contribution in [0.3, 0.4) is 0 Å². The van der Waals surface area contributed by atoms with E-state index in [-0.39, 0.29) is 6.10 Å². The summed E-state index contributed by atoms with van der Waals surface area (Å²) in [6.07, 6.45) is 4.73. The number of likely N-dealkylation sites (tertiary alicyclic amines) is 1. The van der Waals surface area contributed by atoms with Crippen LogP contribution in [0, 0.1) is 5.92 Å². The van der Waals surface area contributed by atoms with Crippen molar-refractivity contribution < 1.29 is 9.59 Å². The molecular weight excluding hydrogens is 186 g/mol. The molecule has 0 aromatic heterocycles. The molecule has 1 aliphatic rings. The Morgan fingerprint density at radius 1 is 1.27 bits per heavy atom. The van der Waals surface area contributed by atoms with Crippen LogP contribution in [0.25, 0.3) is 0 Å². The van der Waals surface area contributed by atoms with Gasteiger partial charge in [0.2, 0.25) is 0 Å². The quantitative estimate of drug-likeness (QED) is 0.555. The molecule has 3 atom stereocenters. The van der Waals surface area contributed by atoms with Crippen molar-refractivity contribution in [2.45, 2.75) is 32.4 Å². The van der Waals surface area contributed by atoms with Crippen LogP contribution in [0.4, 0.5) is 0 Å². The highest BCUT2D eigenvalue weighted by atomic mass is 16.3. The van der Waals surface area contributed by atoms with Crippen molar-refractivity contribution in [2.75, 3.05) is 19.6 Å². The Morgan fingerprint density at radius 2 is 1.80 bits per heavy atom. The summed E-state index contributed by atoms with van der Waals surface area (Å²) in [4.78, 5) is 0. The SMILES string of the molecule is C=CC[N+]1(CC=C)C[C@H](C)[C@@H](O)C[C@@H]1C. The molecule has 0 aromatic rings. The predicted molar refractivity (Wildman–Crippen MR) is 64.5 cm³/mol. The van der Waals surface area contributed by atoms with Gasteiger partial charge in [-0.1, -0.05) is 20.1 Å². The maximum absolute atomic E-state index is 9.86. The summed E-state index contributed by atoms with van der Waals surface area (Å²) in [5, 5.41) is 9.86. The van der Waals surface area contributed by atoms with Crippen LogP contribution in [0.5, 0.6) is 0 Å². The normalized spacial score (nSPS) is 34.7. The predicted octanol–water partition coefficient (Wildman–Crippen LogP) is 1.96. The Bertz CT molecular complexity index is 227. The molecule has 1 rings (SSSR count). The Hall–Kier alpha value is -0.600. The first-order valence-corrected chi connectivity index (χ1v) is 5.81. The molecule has 1 heterocycles. The summed E-state index contributed by atoms with van der Waals surface area (Å²) in [5.41, 5.74) is 0. The molecule has 0 bridgehead atoms. The van der Waals surface area contributed by atoms with Gasteiger partial charge in [0, 0.05) is 12.3 Å². The zero-order valence-electron chi connectivity index (χ0n) is 10.0. The topological polar surface area (TPSA) is 20.2 Å². The largest absolute Gasteiger partial charge is 0.392 e. The number of hydrogen-bond acceptors (Lipinski definition) is 1. The number of rotatable bonds is 4. The Morgan fingerprint density at radius 3 is 2.27 bits per heavy atom. The molecule has 1 saturated heterocycles. The van der Waals surface area contributed by atoms with Crippen LogP contribution >= 0.6 is 0 Å². The Kier molecular flexibility index (Phi) is 4.12. The lowest BCUT2D eigenvalue weighted by molar-refractivity contribution is -0.948. The summed E-state index contributed by atoms with van der Waals surface area (Å²) >= 11 is 0. The van der Waals surface area contributed by atoms with Gasteiger partial charge in [-0.2, -0.15) is 0 Å².